The first-order chi connectivity index (χ1) is 7.00. The number of hydrogen-bond donors (Lipinski definition) is 1. The zero-order valence-electron chi connectivity index (χ0n) is 8.54. The van der Waals surface area contributed by atoms with Gasteiger partial charge in [-0.15, -0.1) is 0 Å². The standard InChI is InChI=1S/C10H8O4S.K/c11-9-6-5-7-3-1-2-4-8(7)10(9)15(12,13)14;/h1-6,11H,(H,12,13,14);/q;+1/p-1. The van der Waals surface area contributed by atoms with Crippen molar-refractivity contribution in [3.63, 3.8) is 0 Å². The molecule has 0 saturated carbocycles. The maximum absolute atomic E-state index is 11.3. The van der Waals surface area contributed by atoms with Crippen molar-refractivity contribution in [2.24, 2.45) is 0 Å². The Morgan fingerprint density at radius 3 is 2.31 bits per heavy atom. The molecule has 2 aromatic rings. The third kappa shape index (κ3) is 2.65. The average Bonchev–Trinajstić information content (AvgIpc) is 2.15. The number of rotatable bonds is 1. The van der Waals surface area contributed by atoms with Gasteiger partial charge in [-0.2, -0.15) is 8.42 Å². The summed E-state index contributed by atoms with van der Waals surface area (Å²) in [6.45, 7) is 0. The molecular weight excluding hydrogens is 255 g/mol. The Labute approximate surface area is 135 Å². The molecule has 0 aliphatic heterocycles. The summed E-state index contributed by atoms with van der Waals surface area (Å²) in [4.78, 5) is -0.555. The minimum absolute atomic E-state index is 0. The third-order valence-corrected chi connectivity index (χ3v) is 3.04. The van der Waals surface area contributed by atoms with Crippen LogP contribution in [0.25, 0.3) is 10.8 Å². The van der Waals surface area contributed by atoms with Gasteiger partial charge < -0.3 is 5.11 Å². The molecule has 0 saturated heterocycles. The van der Waals surface area contributed by atoms with Crippen LogP contribution < -0.4 is 56.5 Å². The summed E-state index contributed by atoms with van der Waals surface area (Å²) in [5, 5.41) is 12.2. The van der Waals surface area contributed by atoms with Crippen LogP contribution in [0.3, 0.4) is 0 Å². The zero-order chi connectivity index (χ0) is 11.1. The van der Waals surface area contributed by atoms with E-state index < -0.39 is 20.8 Å². The molecule has 0 spiro atoms. The first-order valence-electron chi connectivity index (χ1n) is 4.16. The van der Waals surface area contributed by atoms with Gasteiger partial charge in [0.15, 0.2) is 0 Å². The second kappa shape index (κ2) is 5.13. The summed E-state index contributed by atoms with van der Waals surface area (Å²) in [5.74, 6) is -0.698. The van der Waals surface area contributed by atoms with E-state index in [1.54, 1.807) is 18.2 Å². The summed E-state index contributed by atoms with van der Waals surface area (Å²) >= 11 is 0. The van der Waals surface area contributed by atoms with E-state index in [0.29, 0.717) is 5.39 Å². The summed E-state index contributed by atoms with van der Waals surface area (Å²) in [5.41, 5.74) is 0. The molecule has 0 unspecified atom stereocenters. The van der Waals surface area contributed by atoms with Crippen molar-refractivity contribution in [2.75, 3.05) is 0 Å². The Bertz CT molecular complexity index is 622. The van der Waals surface area contributed by atoms with Gasteiger partial charge in [-0.05, 0) is 5.39 Å². The molecule has 2 aromatic carbocycles. The van der Waals surface area contributed by atoms with E-state index in [4.69, 9.17) is 4.55 Å². The minimum Gasteiger partial charge on any atom is -0.872 e. The van der Waals surface area contributed by atoms with E-state index in [0.717, 1.165) is 6.07 Å². The van der Waals surface area contributed by atoms with E-state index >= 15 is 0 Å². The quantitative estimate of drug-likeness (QED) is 0.484. The van der Waals surface area contributed by atoms with Crippen molar-refractivity contribution in [2.45, 2.75) is 4.90 Å². The largest absolute Gasteiger partial charge is 1.00 e. The van der Waals surface area contributed by atoms with E-state index in [1.807, 2.05) is 0 Å². The topological polar surface area (TPSA) is 77.4 Å². The van der Waals surface area contributed by atoms with Crippen LogP contribution in [0, 0.1) is 0 Å². The monoisotopic (exact) mass is 262 g/mol. The van der Waals surface area contributed by atoms with Gasteiger partial charge in [0, 0.05) is 5.39 Å². The molecule has 2 rings (SSSR count). The van der Waals surface area contributed by atoms with Gasteiger partial charge in [0.2, 0.25) is 0 Å². The minimum atomic E-state index is -4.47. The number of fused-ring (bicyclic) bond motifs is 1. The first kappa shape index (κ1) is 14.1. The molecule has 0 aliphatic carbocycles. The molecule has 0 aromatic heterocycles. The second-order valence-corrected chi connectivity index (χ2v) is 4.45. The van der Waals surface area contributed by atoms with Gasteiger partial charge in [-0.1, -0.05) is 42.1 Å². The molecule has 78 valence electrons. The summed E-state index contributed by atoms with van der Waals surface area (Å²) < 4.78 is 31.0. The van der Waals surface area contributed by atoms with Crippen molar-refractivity contribution in [1.82, 2.24) is 0 Å². The van der Waals surface area contributed by atoms with Crippen LogP contribution in [0.1, 0.15) is 0 Å². The molecule has 1 N–H and O–H groups in total. The van der Waals surface area contributed by atoms with Crippen molar-refractivity contribution >= 4 is 20.9 Å². The maximum Gasteiger partial charge on any atom is 1.00 e. The van der Waals surface area contributed by atoms with Crippen LogP contribution in [0.5, 0.6) is 5.75 Å². The first-order valence-corrected chi connectivity index (χ1v) is 5.60. The van der Waals surface area contributed by atoms with E-state index in [2.05, 4.69) is 0 Å². The van der Waals surface area contributed by atoms with Gasteiger partial charge >= 0.3 is 51.4 Å². The van der Waals surface area contributed by atoms with E-state index in [-0.39, 0.29) is 56.8 Å². The molecule has 0 bridgehead atoms. The molecule has 0 aliphatic rings. The van der Waals surface area contributed by atoms with Gasteiger partial charge in [0.05, 0.1) is 4.90 Å². The van der Waals surface area contributed by atoms with Gasteiger partial charge in [0.1, 0.15) is 0 Å². The Balaban J connectivity index is 0.00000128. The molecule has 0 heterocycles. The Morgan fingerprint density at radius 2 is 1.69 bits per heavy atom. The molecule has 4 nitrogen and oxygen atoms in total. The predicted octanol–water partition coefficient (Wildman–Crippen LogP) is -1.84. The van der Waals surface area contributed by atoms with Crippen LogP contribution >= 0.6 is 0 Å². The van der Waals surface area contributed by atoms with Crippen molar-refractivity contribution in [3.8, 4) is 5.75 Å². The normalized spacial score (nSPS) is 11.1. The predicted molar refractivity (Wildman–Crippen MR) is 53.2 cm³/mol. The van der Waals surface area contributed by atoms with Crippen molar-refractivity contribution in [3.05, 3.63) is 36.4 Å². The molecule has 0 atom stereocenters. The fourth-order valence-electron chi connectivity index (χ4n) is 1.49. The van der Waals surface area contributed by atoms with Crippen LogP contribution in [-0.4, -0.2) is 13.0 Å². The Kier molecular flexibility index (Phi) is 4.53. The third-order valence-electron chi connectivity index (χ3n) is 2.10. The van der Waals surface area contributed by atoms with Crippen LogP contribution in [0.2, 0.25) is 0 Å². The Morgan fingerprint density at radius 1 is 1.06 bits per heavy atom. The van der Waals surface area contributed by atoms with E-state index in [9.17, 15) is 13.5 Å². The van der Waals surface area contributed by atoms with Gasteiger partial charge in [-0.25, -0.2) is 0 Å². The van der Waals surface area contributed by atoms with Gasteiger partial charge in [0.25, 0.3) is 10.1 Å². The number of hydrogen-bond acceptors (Lipinski definition) is 3. The molecule has 0 radical (unpaired) electrons. The summed E-state index contributed by atoms with van der Waals surface area (Å²) in [6.07, 6.45) is 0. The summed E-state index contributed by atoms with van der Waals surface area (Å²) in [7, 11) is -4.47. The van der Waals surface area contributed by atoms with Crippen LogP contribution in [0.15, 0.2) is 41.3 Å². The fourth-order valence-corrected chi connectivity index (χ4v) is 2.28. The van der Waals surface area contributed by atoms with Crippen LogP contribution in [0.4, 0.5) is 0 Å². The number of benzene rings is 2. The second-order valence-electron chi connectivity index (χ2n) is 3.09. The van der Waals surface area contributed by atoms with Crippen LogP contribution in [-0.2, 0) is 10.1 Å². The SMILES string of the molecule is O=S(=O)(O)c1c([O-])ccc2ccccc12.[K+]. The summed E-state index contributed by atoms with van der Waals surface area (Å²) in [6, 6.07) is 9.14. The molecule has 16 heavy (non-hydrogen) atoms. The Hall–Kier alpha value is 0.0464. The van der Waals surface area contributed by atoms with E-state index in [1.165, 1.54) is 12.1 Å². The fraction of sp³-hybridized carbons (Fsp3) is 0. The molecule has 0 amide bonds. The maximum atomic E-state index is 11.3. The van der Waals surface area contributed by atoms with Crippen molar-refractivity contribution < 1.29 is 69.5 Å². The van der Waals surface area contributed by atoms with Gasteiger partial charge in [-0.3, -0.25) is 4.55 Å². The zero-order valence-corrected chi connectivity index (χ0v) is 12.5. The average molecular weight is 262 g/mol. The molecular formula is C10H7KO4S. The molecule has 0 fully saturated rings. The smallest absolute Gasteiger partial charge is 0.872 e. The molecule has 6 heteroatoms. The van der Waals surface area contributed by atoms with Crippen molar-refractivity contribution in [1.29, 1.82) is 0 Å².